The molecule has 1 fully saturated rings. The van der Waals surface area contributed by atoms with E-state index in [2.05, 4.69) is 0 Å². The molecule has 4 nitrogen and oxygen atoms in total. The van der Waals surface area contributed by atoms with Gasteiger partial charge in [-0.2, -0.15) is 0 Å². The van der Waals surface area contributed by atoms with Crippen molar-refractivity contribution in [3.8, 4) is 0 Å². The summed E-state index contributed by atoms with van der Waals surface area (Å²) in [5, 5.41) is 0. The molecule has 1 heterocycles. The van der Waals surface area contributed by atoms with Gasteiger partial charge in [0, 0.05) is 6.54 Å². The first-order valence-electron chi connectivity index (χ1n) is 4.05. The highest BCUT2D eigenvalue weighted by molar-refractivity contribution is 5.68. The summed E-state index contributed by atoms with van der Waals surface area (Å²) < 4.78 is 10.1. The van der Waals surface area contributed by atoms with Gasteiger partial charge >= 0.3 is 6.09 Å². The van der Waals surface area contributed by atoms with E-state index in [1.165, 1.54) is 0 Å². The van der Waals surface area contributed by atoms with Crippen LogP contribution < -0.4 is 0 Å². The Morgan fingerprint density at radius 3 is 2.58 bits per heavy atom. The second-order valence-electron chi connectivity index (χ2n) is 3.78. The molecule has 0 aromatic heterocycles. The summed E-state index contributed by atoms with van der Waals surface area (Å²) in [4.78, 5) is 12.8. The smallest absolute Gasteiger partial charge is 0.412 e. The van der Waals surface area contributed by atoms with Gasteiger partial charge in [-0.25, -0.2) is 4.79 Å². The largest absolute Gasteiger partial charge is 0.444 e. The third-order valence-electron chi connectivity index (χ3n) is 1.40. The van der Waals surface area contributed by atoms with Crippen molar-refractivity contribution in [1.29, 1.82) is 0 Å². The Labute approximate surface area is 72.4 Å². The lowest BCUT2D eigenvalue weighted by Crippen LogP contribution is -2.35. The fourth-order valence-corrected chi connectivity index (χ4v) is 0.885. The molecule has 12 heavy (non-hydrogen) atoms. The van der Waals surface area contributed by atoms with Crippen molar-refractivity contribution in [3.05, 3.63) is 0 Å². The second-order valence-corrected chi connectivity index (χ2v) is 3.78. The first-order chi connectivity index (χ1) is 5.49. The summed E-state index contributed by atoms with van der Waals surface area (Å²) in [5.41, 5.74) is -0.417. The molecular formula is C8H15NO3. The fourth-order valence-electron chi connectivity index (χ4n) is 0.885. The lowest BCUT2D eigenvalue weighted by atomic mass is 10.2. The van der Waals surface area contributed by atoms with E-state index in [9.17, 15) is 4.79 Å². The molecule has 0 spiro atoms. The molecule has 4 heteroatoms. The topological polar surface area (TPSA) is 38.8 Å². The Kier molecular flexibility index (Phi) is 2.57. The molecule has 1 amide bonds. The van der Waals surface area contributed by atoms with E-state index < -0.39 is 5.60 Å². The van der Waals surface area contributed by atoms with Gasteiger partial charge in [0.25, 0.3) is 0 Å². The molecule has 70 valence electrons. The molecule has 1 aliphatic heterocycles. The van der Waals surface area contributed by atoms with E-state index >= 15 is 0 Å². The summed E-state index contributed by atoms with van der Waals surface area (Å²) in [7, 11) is 0. The Morgan fingerprint density at radius 1 is 1.50 bits per heavy atom. The lowest BCUT2D eigenvalue weighted by Gasteiger charge is -2.23. The van der Waals surface area contributed by atoms with Crippen LogP contribution in [0.3, 0.4) is 0 Å². The van der Waals surface area contributed by atoms with Gasteiger partial charge in [0.05, 0.1) is 6.61 Å². The molecule has 0 radical (unpaired) electrons. The maximum Gasteiger partial charge on any atom is 0.412 e. The number of hydrogen-bond donors (Lipinski definition) is 0. The van der Waals surface area contributed by atoms with Gasteiger partial charge in [0.2, 0.25) is 0 Å². The van der Waals surface area contributed by atoms with Gasteiger partial charge in [-0.15, -0.1) is 0 Å². The highest BCUT2D eigenvalue weighted by atomic mass is 16.6. The van der Waals surface area contributed by atoms with E-state index in [1.54, 1.807) is 4.90 Å². The molecule has 0 aliphatic carbocycles. The minimum absolute atomic E-state index is 0.292. The maximum absolute atomic E-state index is 11.3. The third kappa shape index (κ3) is 2.70. The average molecular weight is 173 g/mol. The monoisotopic (exact) mass is 173 g/mol. The minimum atomic E-state index is -0.417. The molecule has 0 aromatic rings. The summed E-state index contributed by atoms with van der Waals surface area (Å²) in [6.45, 7) is 7.15. The zero-order valence-corrected chi connectivity index (χ0v) is 7.79. The van der Waals surface area contributed by atoms with Crippen molar-refractivity contribution in [2.24, 2.45) is 0 Å². The van der Waals surface area contributed by atoms with Gasteiger partial charge in [0.15, 0.2) is 0 Å². The Balaban J connectivity index is 2.37. The van der Waals surface area contributed by atoms with Crippen LogP contribution in [-0.2, 0) is 9.47 Å². The van der Waals surface area contributed by atoms with Gasteiger partial charge < -0.3 is 9.47 Å². The van der Waals surface area contributed by atoms with Gasteiger partial charge in [-0.1, -0.05) is 0 Å². The van der Waals surface area contributed by atoms with Crippen molar-refractivity contribution in [2.75, 3.05) is 19.9 Å². The number of ether oxygens (including phenoxy) is 2. The number of carbonyl (C=O) groups is 1. The van der Waals surface area contributed by atoms with E-state index in [0.717, 1.165) is 0 Å². The summed E-state index contributed by atoms with van der Waals surface area (Å²) in [6, 6.07) is 0. The van der Waals surface area contributed by atoms with Crippen LogP contribution in [0.2, 0.25) is 0 Å². The van der Waals surface area contributed by atoms with Crippen LogP contribution in [-0.4, -0.2) is 36.5 Å². The Morgan fingerprint density at radius 2 is 2.17 bits per heavy atom. The summed E-state index contributed by atoms with van der Waals surface area (Å²) in [6.07, 6.45) is -0.292. The van der Waals surface area contributed by atoms with E-state index in [4.69, 9.17) is 9.47 Å². The molecule has 1 saturated heterocycles. The number of carbonyl (C=O) groups excluding carboxylic acids is 1. The zero-order chi connectivity index (χ0) is 9.19. The van der Waals surface area contributed by atoms with Crippen LogP contribution in [0, 0.1) is 0 Å². The van der Waals surface area contributed by atoms with Gasteiger partial charge in [0.1, 0.15) is 12.3 Å². The van der Waals surface area contributed by atoms with E-state index in [1.807, 2.05) is 20.8 Å². The predicted molar refractivity (Wildman–Crippen MR) is 43.8 cm³/mol. The van der Waals surface area contributed by atoms with Crippen LogP contribution in [0.25, 0.3) is 0 Å². The first-order valence-corrected chi connectivity index (χ1v) is 4.05. The third-order valence-corrected chi connectivity index (χ3v) is 1.40. The predicted octanol–water partition coefficient (Wildman–Crippen LogP) is 1.21. The molecule has 1 aliphatic rings. The second kappa shape index (κ2) is 3.31. The van der Waals surface area contributed by atoms with E-state index in [-0.39, 0.29) is 6.09 Å². The number of amides is 1. The van der Waals surface area contributed by atoms with Crippen molar-refractivity contribution in [2.45, 2.75) is 26.4 Å². The van der Waals surface area contributed by atoms with Gasteiger partial charge in [-0.3, -0.25) is 4.90 Å². The van der Waals surface area contributed by atoms with Crippen molar-refractivity contribution >= 4 is 6.09 Å². The minimum Gasteiger partial charge on any atom is -0.444 e. The van der Waals surface area contributed by atoms with Crippen LogP contribution in [0.5, 0.6) is 0 Å². The Hall–Kier alpha value is -0.770. The Bertz CT molecular complexity index is 168. The van der Waals surface area contributed by atoms with E-state index in [0.29, 0.717) is 19.9 Å². The van der Waals surface area contributed by atoms with Crippen LogP contribution in [0.15, 0.2) is 0 Å². The van der Waals surface area contributed by atoms with Crippen LogP contribution in [0.1, 0.15) is 20.8 Å². The van der Waals surface area contributed by atoms with Crippen molar-refractivity contribution < 1.29 is 14.3 Å². The molecule has 0 saturated carbocycles. The van der Waals surface area contributed by atoms with Crippen molar-refractivity contribution in [3.63, 3.8) is 0 Å². The SMILES string of the molecule is CC(C)(C)OC(=O)N1CCOC1. The average Bonchev–Trinajstić information content (AvgIpc) is 2.32. The summed E-state index contributed by atoms with van der Waals surface area (Å²) in [5.74, 6) is 0. The molecule has 0 atom stereocenters. The highest BCUT2D eigenvalue weighted by Gasteiger charge is 2.24. The quantitative estimate of drug-likeness (QED) is 0.552. The van der Waals surface area contributed by atoms with Crippen LogP contribution >= 0.6 is 0 Å². The highest BCUT2D eigenvalue weighted by Crippen LogP contribution is 2.11. The first kappa shape index (κ1) is 9.32. The number of nitrogens with zero attached hydrogens (tertiary/aromatic N) is 1. The molecule has 0 N–H and O–H groups in total. The lowest BCUT2D eigenvalue weighted by molar-refractivity contribution is 0.0206. The van der Waals surface area contributed by atoms with Crippen molar-refractivity contribution in [1.82, 2.24) is 4.90 Å². The molecule has 1 rings (SSSR count). The summed E-state index contributed by atoms with van der Waals surface area (Å²) >= 11 is 0. The number of hydrogen-bond acceptors (Lipinski definition) is 3. The normalized spacial score (nSPS) is 18.1. The standard InChI is InChI=1S/C8H15NO3/c1-8(2,3)12-7(10)9-4-5-11-6-9/h4-6H2,1-3H3. The van der Waals surface area contributed by atoms with Crippen LogP contribution in [0.4, 0.5) is 4.79 Å². The number of rotatable bonds is 0. The molecule has 0 aromatic carbocycles. The fraction of sp³-hybridized carbons (Fsp3) is 0.875. The molecule has 0 unspecified atom stereocenters. The van der Waals surface area contributed by atoms with Gasteiger partial charge in [-0.05, 0) is 20.8 Å². The molecule has 0 bridgehead atoms. The zero-order valence-electron chi connectivity index (χ0n) is 7.79. The molecular weight excluding hydrogens is 158 g/mol. The maximum atomic E-state index is 11.3.